The lowest BCUT2D eigenvalue weighted by Crippen LogP contribution is -2.17. The summed E-state index contributed by atoms with van der Waals surface area (Å²) in [5, 5.41) is 17.4. The normalized spacial score (nSPS) is 14.0. The van der Waals surface area contributed by atoms with E-state index in [1.54, 1.807) is 13.0 Å². The van der Waals surface area contributed by atoms with E-state index in [1.807, 2.05) is 0 Å². The number of carbonyl (C=O) groups is 1. The topological polar surface area (TPSA) is 66.8 Å². The highest BCUT2D eigenvalue weighted by atomic mass is 16.5. The Labute approximate surface area is 77.8 Å². The molecule has 0 spiro atoms. The highest BCUT2D eigenvalue weighted by Gasteiger charge is 2.09. The van der Waals surface area contributed by atoms with Gasteiger partial charge in [0.2, 0.25) is 0 Å². The number of ether oxygens (including phenoxy) is 1. The van der Waals surface area contributed by atoms with Crippen LogP contribution in [0.15, 0.2) is 11.6 Å². The minimum Gasteiger partial charge on any atom is -0.460 e. The molecule has 13 heavy (non-hydrogen) atoms. The molecule has 1 unspecified atom stereocenters. The molecule has 1 atom stereocenters. The Morgan fingerprint density at radius 1 is 1.62 bits per heavy atom. The monoisotopic (exact) mass is 188 g/mol. The van der Waals surface area contributed by atoms with Gasteiger partial charge in [0.15, 0.2) is 0 Å². The Morgan fingerprint density at radius 2 is 2.23 bits per heavy atom. The molecule has 0 aliphatic rings. The number of aliphatic hydroxyl groups is 2. The molecule has 4 heteroatoms. The summed E-state index contributed by atoms with van der Waals surface area (Å²) in [4.78, 5) is 11.2. The van der Waals surface area contributed by atoms with Gasteiger partial charge in [0.1, 0.15) is 6.61 Å². The number of hydrogen-bond acceptors (Lipinski definition) is 4. The van der Waals surface area contributed by atoms with Gasteiger partial charge in [-0.15, -0.1) is 0 Å². The highest BCUT2D eigenvalue weighted by Crippen LogP contribution is 2.03. The predicted octanol–water partition coefficient (Wildman–Crippen LogP) is 0.239. The molecule has 0 radical (unpaired) electrons. The van der Waals surface area contributed by atoms with Crippen LogP contribution < -0.4 is 0 Å². The minimum atomic E-state index is -0.656. The van der Waals surface area contributed by atoms with E-state index in [0.29, 0.717) is 5.57 Å². The minimum absolute atomic E-state index is 0.0123. The molecule has 0 saturated carbocycles. The molecule has 0 aliphatic heterocycles. The second-order valence-corrected chi connectivity index (χ2v) is 2.74. The zero-order valence-electron chi connectivity index (χ0n) is 7.99. The van der Waals surface area contributed by atoms with Gasteiger partial charge in [0, 0.05) is 18.6 Å². The van der Waals surface area contributed by atoms with E-state index in [2.05, 4.69) is 0 Å². The van der Waals surface area contributed by atoms with Gasteiger partial charge in [-0.25, -0.2) is 4.79 Å². The van der Waals surface area contributed by atoms with Gasteiger partial charge < -0.3 is 14.9 Å². The van der Waals surface area contributed by atoms with Crippen LogP contribution in [0.4, 0.5) is 0 Å². The van der Waals surface area contributed by atoms with Gasteiger partial charge in [-0.05, 0) is 13.8 Å². The summed E-state index contributed by atoms with van der Waals surface area (Å²) in [6, 6.07) is 0. The van der Waals surface area contributed by atoms with Crippen molar-refractivity contribution in [3.05, 3.63) is 11.6 Å². The molecular weight excluding hydrogens is 172 g/mol. The second-order valence-electron chi connectivity index (χ2n) is 2.74. The summed E-state index contributed by atoms with van der Waals surface area (Å²) in [6.07, 6.45) is 1.23. The summed E-state index contributed by atoms with van der Waals surface area (Å²) in [6.45, 7) is 3.15. The fourth-order valence-electron chi connectivity index (χ4n) is 0.774. The van der Waals surface area contributed by atoms with E-state index in [4.69, 9.17) is 14.9 Å². The second kappa shape index (κ2) is 6.62. The molecule has 2 N–H and O–H groups in total. The van der Waals surface area contributed by atoms with E-state index in [0.717, 1.165) is 0 Å². The summed E-state index contributed by atoms with van der Waals surface area (Å²) in [5.41, 5.74) is 0.433. The molecule has 0 aromatic rings. The number of esters is 1. The molecule has 0 fully saturated rings. The van der Waals surface area contributed by atoms with Crippen molar-refractivity contribution >= 4 is 5.97 Å². The molecule has 0 amide bonds. The van der Waals surface area contributed by atoms with Crippen LogP contribution in [-0.2, 0) is 9.53 Å². The van der Waals surface area contributed by atoms with E-state index >= 15 is 0 Å². The summed E-state index contributed by atoms with van der Waals surface area (Å²) >= 11 is 0. The van der Waals surface area contributed by atoms with Crippen LogP contribution in [-0.4, -0.2) is 35.5 Å². The van der Waals surface area contributed by atoms with Crippen LogP contribution in [0.1, 0.15) is 20.3 Å². The van der Waals surface area contributed by atoms with Crippen LogP contribution in [0.2, 0.25) is 0 Å². The standard InChI is InChI=1S/C9H16O4/c1-3-8(4-5-10)9(12)13-6-7(2)11/h3,7,10-11H,4-6H2,1-2H3. The Hall–Kier alpha value is -0.870. The van der Waals surface area contributed by atoms with Gasteiger partial charge in [0.25, 0.3) is 0 Å². The maximum Gasteiger partial charge on any atom is 0.333 e. The number of hydrogen-bond donors (Lipinski definition) is 2. The molecule has 0 saturated heterocycles. The van der Waals surface area contributed by atoms with Crippen molar-refractivity contribution in [2.75, 3.05) is 13.2 Å². The van der Waals surface area contributed by atoms with Crippen molar-refractivity contribution in [2.24, 2.45) is 0 Å². The van der Waals surface area contributed by atoms with Gasteiger partial charge in [-0.1, -0.05) is 6.08 Å². The number of rotatable bonds is 5. The first-order valence-electron chi connectivity index (χ1n) is 4.23. The fourth-order valence-corrected chi connectivity index (χ4v) is 0.774. The molecule has 0 bridgehead atoms. The first-order chi connectivity index (χ1) is 6.11. The van der Waals surface area contributed by atoms with Crippen molar-refractivity contribution < 1.29 is 19.7 Å². The van der Waals surface area contributed by atoms with Crippen molar-refractivity contribution in [3.8, 4) is 0 Å². The van der Waals surface area contributed by atoms with Crippen molar-refractivity contribution in [2.45, 2.75) is 26.4 Å². The largest absolute Gasteiger partial charge is 0.460 e. The summed E-state index contributed by atoms with van der Waals surface area (Å²) in [5.74, 6) is -0.475. The molecule has 0 aromatic heterocycles. The lowest BCUT2D eigenvalue weighted by molar-refractivity contribution is -0.141. The lowest BCUT2D eigenvalue weighted by atomic mass is 10.2. The van der Waals surface area contributed by atoms with E-state index < -0.39 is 12.1 Å². The fraction of sp³-hybridized carbons (Fsp3) is 0.667. The Balaban J connectivity index is 3.93. The first-order valence-corrected chi connectivity index (χ1v) is 4.23. The smallest absolute Gasteiger partial charge is 0.333 e. The maximum absolute atomic E-state index is 11.2. The van der Waals surface area contributed by atoms with Gasteiger partial charge in [-0.3, -0.25) is 0 Å². The van der Waals surface area contributed by atoms with Gasteiger partial charge >= 0.3 is 5.97 Å². The third kappa shape index (κ3) is 5.38. The van der Waals surface area contributed by atoms with Crippen LogP contribution in [0.3, 0.4) is 0 Å². The molecule has 4 nitrogen and oxygen atoms in total. The molecule has 0 aromatic carbocycles. The third-order valence-electron chi connectivity index (χ3n) is 1.45. The van der Waals surface area contributed by atoms with Crippen LogP contribution in [0, 0.1) is 0 Å². The molecule has 0 aliphatic carbocycles. The van der Waals surface area contributed by atoms with E-state index in [9.17, 15) is 4.79 Å². The number of aliphatic hydroxyl groups excluding tert-OH is 2. The van der Waals surface area contributed by atoms with Crippen molar-refractivity contribution in [3.63, 3.8) is 0 Å². The maximum atomic E-state index is 11.2. The van der Waals surface area contributed by atoms with Crippen molar-refractivity contribution in [1.82, 2.24) is 0 Å². The Bertz CT molecular complexity index is 184. The average Bonchev–Trinajstić information content (AvgIpc) is 2.10. The van der Waals surface area contributed by atoms with E-state index in [-0.39, 0.29) is 19.6 Å². The Morgan fingerprint density at radius 3 is 2.62 bits per heavy atom. The van der Waals surface area contributed by atoms with Crippen LogP contribution >= 0.6 is 0 Å². The zero-order valence-corrected chi connectivity index (χ0v) is 7.99. The van der Waals surface area contributed by atoms with Gasteiger partial charge in [-0.2, -0.15) is 0 Å². The van der Waals surface area contributed by atoms with Crippen LogP contribution in [0.25, 0.3) is 0 Å². The average molecular weight is 188 g/mol. The van der Waals surface area contributed by atoms with E-state index in [1.165, 1.54) is 6.92 Å². The summed E-state index contributed by atoms with van der Waals surface area (Å²) in [7, 11) is 0. The lowest BCUT2D eigenvalue weighted by Gasteiger charge is -2.08. The Kier molecular flexibility index (Phi) is 6.18. The number of carbonyl (C=O) groups excluding carboxylic acids is 1. The first kappa shape index (κ1) is 12.1. The molecule has 76 valence electrons. The van der Waals surface area contributed by atoms with Gasteiger partial charge in [0.05, 0.1) is 6.10 Å². The SMILES string of the molecule is CC=C(CCO)C(=O)OCC(C)O. The highest BCUT2D eigenvalue weighted by molar-refractivity contribution is 5.88. The molecule has 0 rings (SSSR count). The molecule has 0 heterocycles. The predicted molar refractivity (Wildman–Crippen MR) is 48.1 cm³/mol. The van der Waals surface area contributed by atoms with Crippen LogP contribution in [0.5, 0.6) is 0 Å². The quantitative estimate of drug-likeness (QED) is 0.479. The van der Waals surface area contributed by atoms with Crippen molar-refractivity contribution in [1.29, 1.82) is 0 Å². The zero-order chi connectivity index (χ0) is 10.3. The molecular formula is C9H16O4. The number of allylic oxidation sites excluding steroid dienone is 1. The third-order valence-corrected chi connectivity index (χ3v) is 1.45. The summed E-state index contributed by atoms with van der Waals surface area (Å²) < 4.78 is 4.74.